The third-order valence-corrected chi connectivity index (χ3v) is 3.82. The molecule has 4 heteroatoms. The largest absolute Gasteiger partial charge is 0.357 e. The van der Waals surface area contributed by atoms with Crippen LogP contribution in [0, 0.1) is 0 Å². The predicted molar refractivity (Wildman–Crippen MR) is 94.0 cm³/mol. The van der Waals surface area contributed by atoms with Crippen LogP contribution in [-0.2, 0) is 13.1 Å². The van der Waals surface area contributed by atoms with Gasteiger partial charge in [-0.2, -0.15) is 0 Å². The Morgan fingerprint density at radius 3 is 2.36 bits per heavy atom. The van der Waals surface area contributed by atoms with Crippen LogP contribution in [0.5, 0.6) is 0 Å². The van der Waals surface area contributed by atoms with Crippen molar-refractivity contribution in [3.8, 4) is 0 Å². The van der Waals surface area contributed by atoms with Crippen LogP contribution in [0.3, 0.4) is 0 Å². The maximum Gasteiger partial charge on any atom is 0.191 e. The summed E-state index contributed by atoms with van der Waals surface area (Å²) in [5.41, 5.74) is 2.66. The fraction of sp³-hybridized carbons (Fsp3) is 0.611. The van der Waals surface area contributed by atoms with Crippen molar-refractivity contribution in [2.45, 2.75) is 52.7 Å². The summed E-state index contributed by atoms with van der Waals surface area (Å²) in [6.45, 7) is 11.5. The molecule has 1 aromatic carbocycles. The molecule has 122 valence electrons. The van der Waals surface area contributed by atoms with Crippen molar-refractivity contribution in [1.29, 1.82) is 0 Å². The first-order valence-electron chi connectivity index (χ1n) is 8.52. The molecule has 1 saturated heterocycles. The van der Waals surface area contributed by atoms with Crippen LogP contribution in [0.25, 0.3) is 0 Å². The predicted octanol–water partition coefficient (Wildman–Crippen LogP) is 2.75. The van der Waals surface area contributed by atoms with Crippen molar-refractivity contribution >= 4 is 5.96 Å². The van der Waals surface area contributed by atoms with Crippen molar-refractivity contribution in [1.82, 2.24) is 15.5 Å². The highest BCUT2D eigenvalue weighted by molar-refractivity contribution is 5.79. The van der Waals surface area contributed by atoms with Gasteiger partial charge in [0.15, 0.2) is 5.96 Å². The molecular weight excluding hydrogens is 272 g/mol. The minimum Gasteiger partial charge on any atom is -0.357 e. The number of nitrogens with one attached hydrogen (secondary N) is 2. The monoisotopic (exact) mass is 302 g/mol. The number of likely N-dealkylation sites (tertiary alicyclic amines) is 1. The maximum atomic E-state index is 4.64. The van der Waals surface area contributed by atoms with E-state index in [4.69, 9.17) is 0 Å². The number of benzene rings is 1. The molecule has 0 aliphatic carbocycles. The summed E-state index contributed by atoms with van der Waals surface area (Å²) in [4.78, 5) is 7.17. The van der Waals surface area contributed by atoms with Gasteiger partial charge in [0.05, 0.1) is 6.54 Å². The smallest absolute Gasteiger partial charge is 0.191 e. The molecule has 0 radical (unpaired) electrons. The number of rotatable bonds is 6. The summed E-state index contributed by atoms with van der Waals surface area (Å²) in [5.74, 6) is 0.888. The van der Waals surface area contributed by atoms with Crippen LogP contribution in [-0.4, -0.2) is 36.5 Å². The Morgan fingerprint density at radius 1 is 1.14 bits per heavy atom. The van der Waals surface area contributed by atoms with Crippen LogP contribution in [0.2, 0.25) is 0 Å². The van der Waals surface area contributed by atoms with Crippen molar-refractivity contribution in [3.05, 3.63) is 35.4 Å². The number of aliphatic imine (C=N–C) groups is 1. The summed E-state index contributed by atoms with van der Waals surface area (Å²) in [5, 5.41) is 6.62. The first-order valence-corrected chi connectivity index (χ1v) is 8.52. The minimum atomic E-state index is 0.389. The minimum absolute atomic E-state index is 0.389. The molecular formula is C18H30N4. The average molecular weight is 302 g/mol. The first-order chi connectivity index (χ1) is 10.7. The van der Waals surface area contributed by atoms with Crippen molar-refractivity contribution < 1.29 is 0 Å². The molecule has 0 bridgehead atoms. The lowest BCUT2D eigenvalue weighted by Gasteiger charge is -2.15. The Hall–Kier alpha value is -1.55. The molecule has 0 atom stereocenters. The van der Waals surface area contributed by atoms with Gasteiger partial charge < -0.3 is 10.6 Å². The third-order valence-electron chi connectivity index (χ3n) is 3.82. The number of hydrogen-bond donors (Lipinski definition) is 2. The number of nitrogens with zero attached hydrogens (tertiary/aromatic N) is 2. The molecule has 0 amide bonds. The van der Waals surface area contributed by atoms with Crippen LogP contribution in [0.1, 0.15) is 44.7 Å². The fourth-order valence-electron chi connectivity index (χ4n) is 2.71. The zero-order valence-electron chi connectivity index (χ0n) is 14.2. The lowest BCUT2D eigenvalue weighted by atomic mass is 10.1. The highest BCUT2D eigenvalue weighted by atomic mass is 15.2. The van der Waals surface area contributed by atoms with Crippen molar-refractivity contribution in [2.24, 2.45) is 4.99 Å². The van der Waals surface area contributed by atoms with Crippen molar-refractivity contribution in [3.63, 3.8) is 0 Å². The van der Waals surface area contributed by atoms with E-state index >= 15 is 0 Å². The molecule has 1 aliphatic heterocycles. The molecule has 1 heterocycles. The van der Waals surface area contributed by atoms with E-state index in [1.54, 1.807) is 0 Å². The van der Waals surface area contributed by atoms with E-state index in [0.717, 1.165) is 19.0 Å². The van der Waals surface area contributed by atoms with Gasteiger partial charge in [0.25, 0.3) is 0 Å². The average Bonchev–Trinajstić information content (AvgIpc) is 2.99. The van der Waals surface area contributed by atoms with E-state index in [1.165, 1.54) is 37.1 Å². The number of hydrogen-bond acceptors (Lipinski definition) is 2. The summed E-state index contributed by atoms with van der Waals surface area (Å²) < 4.78 is 0. The third kappa shape index (κ3) is 5.68. The molecule has 0 unspecified atom stereocenters. The summed E-state index contributed by atoms with van der Waals surface area (Å²) >= 11 is 0. The van der Waals surface area contributed by atoms with Gasteiger partial charge in [-0.1, -0.05) is 24.3 Å². The van der Waals surface area contributed by atoms with Gasteiger partial charge in [-0.05, 0) is 57.8 Å². The van der Waals surface area contributed by atoms with E-state index in [9.17, 15) is 0 Å². The summed E-state index contributed by atoms with van der Waals surface area (Å²) in [6.07, 6.45) is 2.70. The van der Waals surface area contributed by atoms with E-state index < -0.39 is 0 Å². The van der Waals surface area contributed by atoms with Crippen LogP contribution < -0.4 is 10.6 Å². The molecule has 22 heavy (non-hydrogen) atoms. The standard InChI is InChI=1S/C18H30N4/c1-4-19-18(21-15(2)3)20-13-16-7-9-17(10-8-16)14-22-11-5-6-12-22/h7-10,15H,4-6,11-14H2,1-3H3,(H2,19,20,21). The van der Waals surface area contributed by atoms with E-state index in [1.807, 2.05) is 0 Å². The maximum absolute atomic E-state index is 4.64. The van der Waals surface area contributed by atoms with Crippen LogP contribution in [0.4, 0.5) is 0 Å². The molecule has 1 aliphatic rings. The van der Waals surface area contributed by atoms with Crippen LogP contribution >= 0.6 is 0 Å². The van der Waals surface area contributed by atoms with E-state index in [0.29, 0.717) is 12.6 Å². The van der Waals surface area contributed by atoms with Gasteiger partial charge in [-0.15, -0.1) is 0 Å². The summed E-state index contributed by atoms with van der Waals surface area (Å²) in [7, 11) is 0. The molecule has 0 spiro atoms. The molecule has 1 aromatic rings. The Bertz CT molecular complexity index is 458. The van der Waals surface area contributed by atoms with Crippen LogP contribution in [0.15, 0.2) is 29.3 Å². The van der Waals surface area contributed by atoms with Gasteiger partial charge in [0.2, 0.25) is 0 Å². The molecule has 4 nitrogen and oxygen atoms in total. The molecule has 0 aromatic heterocycles. The Morgan fingerprint density at radius 2 is 1.77 bits per heavy atom. The van der Waals surface area contributed by atoms with Gasteiger partial charge >= 0.3 is 0 Å². The van der Waals surface area contributed by atoms with E-state index in [2.05, 4.69) is 65.6 Å². The molecule has 1 fully saturated rings. The fourth-order valence-corrected chi connectivity index (χ4v) is 2.71. The quantitative estimate of drug-likeness (QED) is 0.627. The molecule has 2 N–H and O–H groups in total. The molecule has 2 rings (SSSR count). The Labute approximate surface area is 135 Å². The zero-order valence-corrected chi connectivity index (χ0v) is 14.2. The molecule has 0 saturated carbocycles. The Kier molecular flexibility index (Phi) is 6.72. The normalized spacial score (nSPS) is 16.3. The zero-order chi connectivity index (χ0) is 15.8. The van der Waals surface area contributed by atoms with Gasteiger partial charge in [-0.25, -0.2) is 4.99 Å². The van der Waals surface area contributed by atoms with Gasteiger partial charge in [0.1, 0.15) is 0 Å². The highest BCUT2D eigenvalue weighted by Gasteiger charge is 2.11. The second-order valence-electron chi connectivity index (χ2n) is 6.29. The van der Waals surface area contributed by atoms with Crippen molar-refractivity contribution in [2.75, 3.05) is 19.6 Å². The highest BCUT2D eigenvalue weighted by Crippen LogP contribution is 2.13. The van der Waals surface area contributed by atoms with E-state index in [-0.39, 0.29) is 0 Å². The second kappa shape index (κ2) is 8.79. The lowest BCUT2D eigenvalue weighted by Crippen LogP contribution is -2.40. The van der Waals surface area contributed by atoms with Gasteiger partial charge in [-0.3, -0.25) is 4.90 Å². The number of guanidine groups is 1. The SMILES string of the molecule is CCNC(=NCc1ccc(CN2CCCC2)cc1)NC(C)C. The topological polar surface area (TPSA) is 39.7 Å². The van der Waals surface area contributed by atoms with Gasteiger partial charge in [0, 0.05) is 19.1 Å². The Balaban J connectivity index is 1.88. The first kappa shape index (κ1) is 16.8. The second-order valence-corrected chi connectivity index (χ2v) is 6.29. The summed E-state index contributed by atoms with van der Waals surface area (Å²) in [6, 6.07) is 9.28. The lowest BCUT2D eigenvalue weighted by molar-refractivity contribution is 0.331.